The summed E-state index contributed by atoms with van der Waals surface area (Å²) in [5.41, 5.74) is 1.03. The van der Waals surface area contributed by atoms with Gasteiger partial charge in [0, 0.05) is 30.6 Å². The van der Waals surface area contributed by atoms with Gasteiger partial charge in [0.2, 0.25) is 5.91 Å². The maximum atomic E-state index is 12.9. The lowest BCUT2D eigenvalue weighted by molar-refractivity contribution is -0.141. The molecular formula is C20H22F3N3O. The molecule has 2 unspecified atom stereocenters. The summed E-state index contributed by atoms with van der Waals surface area (Å²) >= 11 is 0. The number of hydrogen-bond acceptors (Lipinski definition) is 2. The standard InChI is InChI=1S/C20H22F3N3O/c21-20(22,23)18-12-17(14-7-8-14)26(25-18)10-4-9-24-19(27)16-11-15(16)13-5-2-1-3-6-13/h1-3,5-6,12,14-16H,4,7-11H2,(H,24,27). The number of amides is 1. The molecule has 0 radical (unpaired) electrons. The molecule has 1 aromatic carbocycles. The van der Waals surface area contributed by atoms with Gasteiger partial charge in [-0.25, -0.2) is 0 Å². The Hall–Kier alpha value is -2.31. The van der Waals surface area contributed by atoms with E-state index in [0.717, 1.165) is 19.3 Å². The van der Waals surface area contributed by atoms with Crippen molar-refractivity contribution < 1.29 is 18.0 Å². The van der Waals surface area contributed by atoms with Crippen LogP contribution in [-0.4, -0.2) is 22.2 Å². The third-order valence-electron chi connectivity index (χ3n) is 5.30. The summed E-state index contributed by atoms with van der Waals surface area (Å²) in [6.45, 7) is 0.830. The van der Waals surface area contributed by atoms with E-state index in [1.807, 2.05) is 30.3 Å². The second-order valence-electron chi connectivity index (χ2n) is 7.45. The first-order valence-corrected chi connectivity index (χ1v) is 9.41. The number of aryl methyl sites for hydroxylation is 1. The van der Waals surface area contributed by atoms with Crippen molar-refractivity contribution in [3.05, 3.63) is 53.3 Å². The highest BCUT2D eigenvalue weighted by Crippen LogP contribution is 2.47. The van der Waals surface area contributed by atoms with Crippen LogP contribution in [0.15, 0.2) is 36.4 Å². The lowest BCUT2D eigenvalue weighted by atomic mass is 10.1. The minimum atomic E-state index is -4.42. The molecule has 1 N–H and O–H groups in total. The van der Waals surface area contributed by atoms with E-state index in [0.29, 0.717) is 25.2 Å². The number of carbonyl (C=O) groups is 1. The largest absolute Gasteiger partial charge is 0.435 e. The van der Waals surface area contributed by atoms with Crippen LogP contribution in [0.5, 0.6) is 0 Å². The maximum Gasteiger partial charge on any atom is 0.435 e. The molecule has 0 saturated heterocycles. The van der Waals surface area contributed by atoms with E-state index < -0.39 is 11.9 Å². The van der Waals surface area contributed by atoms with Crippen molar-refractivity contribution in [3.63, 3.8) is 0 Å². The van der Waals surface area contributed by atoms with Gasteiger partial charge in [-0.15, -0.1) is 0 Å². The first-order valence-electron chi connectivity index (χ1n) is 9.41. The lowest BCUT2D eigenvalue weighted by Crippen LogP contribution is -2.27. The fourth-order valence-corrected chi connectivity index (χ4v) is 3.58. The second kappa shape index (κ2) is 7.02. The van der Waals surface area contributed by atoms with Crippen LogP contribution in [0.3, 0.4) is 0 Å². The molecule has 2 saturated carbocycles. The third kappa shape index (κ3) is 4.17. The first-order chi connectivity index (χ1) is 12.9. The molecule has 1 amide bonds. The molecule has 27 heavy (non-hydrogen) atoms. The molecule has 2 aromatic rings. The van der Waals surface area contributed by atoms with Gasteiger partial charge in [-0.05, 0) is 43.2 Å². The van der Waals surface area contributed by atoms with Gasteiger partial charge in [0.15, 0.2) is 5.69 Å². The molecular weight excluding hydrogens is 355 g/mol. The highest BCUT2D eigenvalue weighted by atomic mass is 19.4. The van der Waals surface area contributed by atoms with Crippen molar-refractivity contribution in [2.45, 2.75) is 50.2 Å². The summed E-state index contributed by atoms with van der Waals surface area (Å²) in [7, 11) is 0. The predicted octanol–water partition coefficient (Wildman–Crippen LogP) is 4.09. The van der Waals surface area contributed by atoms with Crippen LogP contribution >= 0.6 is 0 Å². The van der Waals surface area contributed by atoms with E-state index in [1.54, 1.807) is 0 Å². The molecule has 0 spiro atoms. The molecule has 4 nitrogen and oxygen atoms in total. The SMILES string of the molecule is O=C(NCCCn1nc(C(F)(F)F)cc1C1CC1)C1CC1c1ccccc1. The van der Waals surface area contributed by atoms with Crippen molar-refractivity contribution in [2.75, 3.05) is 6.54 Å². The summed E-state index contributed by atoms with van der Waals surface area (Å²) in [6.07, 6.45) is -1.16. The summed E-state index contributed by atoms with van der Waals surface area (Å²) in [4.78, 5) is 12.2. The van der Waals surface area contributed by atoms with E-state index in [1.165, 1.54) is 16.3 Å². The molecule has 1 aromatic heterocycles. The lowest BCUT2D eigenvalue weighted by Gasteiger charge is -2.08. The Balaban J connectivity index is 1.26. The van der Waals surface area contributed by atoms with Crippen molar-refractivity contribution >= 4 is 5.91 Å². The van der Waals surface area contributed by atoms with Gasteiger partial charge in [-0.1, -0.05) is 30.3 Å². The maximum absolute atomic E-state index is 12.9. The summed E-state index contributed by atoms with van der Waals surface area (Å²) in [5, 5.41) is 6.65. The van der Waals surface area contributed by atoms with E-state index in [4.69, 9.17) is 0 Å². The molecule has 2 aliphatic rings. The van der Waals surface area contributed by atoms with E-state index in [9.17, 15) is 18.0 Å². The minimum absolute atomic E-state index is 0.0101. The van der Waals surface area contributed by atoms with Crippen molar-refractivity contribution in [1.82, 2.24) is 15.1 Å². The van der Waals surface area contributed by atoms with Crippen LogP contribution in [0.4, 0.5) is 13.2 Å². The fraction of sp³-hybridized carbons (Fsp3) is 0.500. The molecule has 0 aliphatic heterocycles. The highest BCUT2D eigenvalue weighted by molar-refractivity contribution is 5.82. The van der Waals surface area contributed by atoms with Crippen LogP contribution in [-0.2, 0) is 17.5 Å². The normalized spacial score (nSPS) is 21.9. The molecule has 144 valence electrons. The predicted molar refractivity (Wildman–Crippen MR) is 94.1 cm³/mol. The van der Waals surface area contributed by atoms with Gasteiger partial charge in [0.05, 0.1) is 0 Å². The molecule has 2 aliphatic carbocycles. The Morgan fingerprint density at radius 3 is 2.63 bits per heavy atom. The van der Waals surface area contributed by atoms with E-state index in [2.05, 4.69) is 10.4 Å². The molecule has 2 fully saturated rings. The first kappa shape index (κ1) is 18.1. The van der Waals surface area contributed by atoms with Gasteiger partial charge in [0.1, 0.15) is 0 Å². The van der Waals surface area contributed by atoms with Crippen LogP contribution in [0.25, 0.3) is 0 Å². The summed E-state index contributed by atoms with van der Waals surface area (Å²) in [5.74, 6) is 0.521. The van der Waals surface area contributed by atoms with Gasteiger partial charge < -0.3 is 5.32 Å². The average Bonchev–Trinajstić information content (AvgIpc) is 3.56. The van der Waals surface area contributed by atoms with E-state index in [-0.39, 0.29) is 23.7 Å². The van der Waals surface area contributed by atoms with Gasteiger partial charge in [0.25, 0.3) is 0 Å². The number of hydrogen-bond donors (Lipinski definition) is 1. The topological polar surface area (TPSA) is 46.9 Å². The number of alkyl halides is 3. The summed E-state index contributed by atoms with van der Waals surface area (Å²) in [6, 6.07) is 11.1. The van der Waals surface area contributed by atoms with Crippen LogP contribution in [0.1, 0.15) is 54.5 Å². The number of aromatic nitrogens is 2. The Bertz CT molecular complexity index is 812. The van der Waals surface area contributed by atoms with Gasteiger partial charge >= 0.3 is 6.18 Å². The van der Waals surface area contributed by atoms with Crippen molar-refractivity contribution in [2.24, 2.45) is 5.92 Å². The number of carbonyl (C=O) groups excluding carboxylic acids is 1. The molecule has 2 atom stereocenters. The zero-order valence-corrected chi connectivity index (χ0v) is 14.9. The quantitative estimate of drug-likeness (QED) is 0.739. The van der Waals surface area contributed by atoms with Crippen molar-refractivity contribution in [3.8, 4) is 0 Å². The molecule has 4 rings (SSSR count). The van der Waals surface area contributed by atoms with Crippen LogP contribution < -0.4 is 5.32 Å². The average molecular weight is 377 g/mol. The summed E-state index contributed by atoms with van der Waals surface area (Å²) < 4.78 is 40.2. The smallest absolute Gasteiger partial charge is 0.356 e. The van der Waals surface area contributed by atoms with Gasteiger partial charge in [-0.3, -0.25) is 9.48 Å². The fourth-order valence-electron chi connectivity index (χ4n) is 3.58. The number of nitrogens with zero attached hydrogens (tertiary/aromatic N) is 2. The Kier molecular flexibility index (Phi) is 4.70. The Labute approximate surface area is 155 Å². The second-order valence-corrected chi connectivity index (χ2v) is 7.45. The highest BCUT2D eigenvalue weighted by Gasteiger charge is 2.43. The van der Waals surface area contributed by atoms with Crippen LogP contribution in [0.2, 0.25) is 0 Å². The molecule has 0 bridgehead atoms. The Morgan fingerprint density at radius 1 is 1.22 bits per heavy atom. The van der Waals surface area contributed by atoms with Crippen molar-refractivity contribution in [1.29, 1.82) is 0 Å². The van der Waals surface area contributed by atoms with E-state index >= 15 is 0 Å². The monoisotopic (exact) mass is 377 g/mol. The van der Waals surface area contributed by atoms with Gasteiger partial charge in [-0.2, -0.15) is 18.3 Å². The molecule has 7 heteroatoms. The number of rotatable bonds is 7. The number of halogens is 3. The minimum Gasteiger partial charge on any atom is -0.356 e. The number of benzene rings is 1. The third-order valence-corrected chi connectivity index (χ3v) is 5.30. The zero-order chi connectivity index (χ0) is 19.0. The Morgan fingerprint density at radius 2 is 1.96 bits per heavy atom. The molecule has 1 heterocycles. The zero-order valence-electron chi connectivity index (χ0n) is 14.9. The number of nitrogens with one attached hydrogen (secondary N) is 1. The van der Waals surface area contributed by atoms with Crippen LogP contribution in [0, 0.1) is 5.92 Å².